The van der Waals surface area contributed by atoms with E-state index in [1.54, 1.807) is 44.6 Å². The molecule has 0 atom stereocenters. The van der Waals surface area contributed by atoms with Gasteiger partial charge in [0, 0.05) is 31.5 Å². The molecule has 0 saturated heterocycles. The van der Waals surface area contributed by atoms with Gasteiger partial charge in [-0.2, -0.15) is 13.2 Å². The van der Waals surface area contributed by atoms with Crippen molar-refractivity contribution in [1.82, 2.24) is 14.1 Å². The molecule has 2 aromatic heterocycles. The summed E-state index contributed by atoms with van der Waals surface area (Å²) in [5.74, 6) is 0.855. The highest BCUT2D eigenvalue weighted by Crippen LogP contribution is 2.36. The van der Waals surface area contributed by atoms with Gasteiger partial charge in [-0.1, -0.05) is 12.1 Å². The van der Waals surface area contributed by atoms with Gasteiger partial charge in [-0.05, 0) is 90.5 Å². The number of hydrogen-bond donors (Lipinski definition) is 3. The van der Waals surface area contributed by atoms with Gasteiger partial charge in [-0.15, -0.1) is 0 Å². The van der Waals surface area contributed by atoms with Gasteiger partial charge in [0.05, 0.1) is 55.6 Å². The zero-order valence-corrected chi connectivity index (χ0v) is 31.9. The summed E-state index contributed by atoms with van der Waals surface area (Å²) in [4.78, 5) is 25.8. The second-order valence-corrected chi connectivity index (χ2v) is 13.2. The Morgan fingerprint density at radius 3 is 2.00 bits per heavy atom. The smallest absolute Gasteiger partial charge is 0.416 e. The Kier molecular flexibility index (Phi) is 11.9. The molecule has 7 aromatic rings. The molecule has 15 heteroatoms. The van der Waals surface area contributed by atoms with E-state index in [0.29, 0.717) is 60.0 Å². The van der Waals surface area contributed by atoms with Crippen LogP contribution in [-0.2, 0) is 30.6 Å². The minimum atomic E-state index is -4.55. The van der Waals surface area contributed by atoms with Crippen molar-refractivity contribution in [3.63, 3.8) is 0 Å². The molecular weight excluding hydrogens is 757 g/mol. The van der Waals surface area contributed by atoms with Crippen LogP contribution in [0.2, 0.25) is 0 Å². The van der Waals surface area contributed by atoms with E-state index in [1.807, 2.05) is 53.1 Å². The highest BCUT2D eigenvalue weighted by atomic mass is 19.4. The van der Waals surface area contributed by atoms with Gasteiger partial charge < -0.3 is 34.1 Å². The maximum Gasteiger partial charge on any atom is 0.416 e. The summed E-state index contributed by atoms with van der Waals surface area (Å²) in [5, 5.41) is 27.6. The van der Waals surface area contributed by atoms with E-state index in [4.69, 9.17) is 24.1 Å². The number of aromatic hydroxyl groups is 1. The lowest BCUT2D eigenvalue weighted by Crippen LogP contribution is -2.36. The van der Waals surface area contributed by atoms with Crippen molar-refractivity contribution in [3.05, 3.63) is 120 Å². The molecule has 0 amide bonds. The zero-order valence-electron chi connectivity index (χ0n) is 31.9. The minimum Gasteiger partial charge on any atom is -0.504 e. The fraction of sp³-hybridized carbons (Fsp3) is 0.209. The molecule has 0 bridgehead atoms. The summed E-state index contributed by atoms with van der Waals surface area (Å²) in [6.45, 7) is 2.30. The van der Waals surface area contributed by atoms with Crippen LogP contribution in [0.25, 0.3) is 44.8 Å². The average molecular weight is 798 g/mol. The SMILES string of the molecule is CC(=O)O.COc1ccc(Cn2c(-c3ccc(OC)cc3)[n+](CCCn3c(-c4ccc(O)c(OC)c4)nc4cc(C(F)(F)F)ccc43)c3ccc(C(=O)O)cc32)cc1. The number of fused-ring (bicyclic) bond motifs is 2. The predicted molar refractivity (Wildman–Crippen MR) is 209 cm³/mol. The normalized spacial score (nSPS) is 11.3. The number of imidazole rings is 2. The zero-order chi connectivity index (χ0) is 41.7. The Bertz CT molecular complexity index is 2590. The first-order valence-electron chi connectivity index (χ1n) is 17.9. The fourth-order valence-electron chi connectivity index (χ4n) is 6.78. The average Bonchev–Trinajstić information content (AvgIpc) is 3.72. The first kappa shape index (κ1) is 40.6. The molecule has 58 heavy (non-hydrogen) atoms. The predicted octanol–water partition coefficient (Wildman–Crippen LogP) is 8.29. The Hall–Kier alpha value is -7.03. The molecular formula is C43H40F3N4O8+. The number of rotatable bonds is 12. The minimum absolute atomic E-state index is 0.0807. The van der Waals surface area contributed by atoms with Crippen molar-refractivity contribution in [2.45, 2.75) is 39.2 Å². The number of carbonyl (C=O) groups is 2. The molecule has 0 fully saturated rings. The number of hydrogen-bond acceptors (Lipinski definition) is 7. The van der Waals surface area contributed by atoms with Crippen molar-refractivity contribution >= 4 is 34.0 Å². The Labute approximate surface area is 330 Å². The summed E-state index contributed by atoms with van der Waals surface area (Å²) in [7, 11) is 4.61. The van der Waals surface area contributed by atoms with E-state index in [1.165, 1.54) is 19.2 Å². The number of ether oxygens (including phenoxy) is 3. The lowest BCUT2D eigenvalue weighted by atomic mass is 10.1. The van der Waals surface area contributed by atoms with Crippen LogP contribution in [0.15, 0.2) is 103 Å². The van der Waals surface area contributed by atoms with E-state index in [2.05, 4.69) is 14.1 Å². The number of phenolic OH excluding ortho intramolecular Hbond substituents is 1. The number of benzene rings is 5. The first-order valence-corrected chi connectivity index (χ1v) is 17.9. The van der Waals surface area contributed by atoms with Gasteiger partial charge in [-0.25, -0.2) is 18.9 Å². The van der Waals surface area contributed by atoms with Crippen LogP contribution < -0.4 is 18.8 Å². The second-order valence-electron chi connectivity index (χ2n) is 13.2. The number of aromatic nitrogens is 4. The van der Waals surface area contributed by atoms with Crippen molar-refractivity contribution in [3.8, 4) is 45.8 Å². The molecule has 0 unspecified atom stereocenters. The summed E-state index contributed by atoms with van der Waals surface area (Å²) >= 11 is 0. The molecule has 2 heterocycles. The van der Waals surface area contributed by atoms with Crippen LogP contribution in [0, 0.1) is 0 Å². The number of aryl methyl sites for hydroxylation is 2. The number of methoxy groups -OCH3 is 3. The fourth-order valence-corrected chi connectivity index (χ4v) is 6.78. The number of alkyl halides is 3. The van der Waals surface area contributed by atoms with Gasteiger partial charge in [0.1, 0.15) is 23.9 Å². The molecule has 0 saturated carbocycles. The molecule has 5 aromatic carbocycles. The topological polar surface area (TPSA) is 149 Å². The molecule has 0 radical (unpaired) electrons. The molecule has 3 N–H and O–H groups in total. The van der Waals surface area contributed by atoms with E-state index in [0.717, 1.165) is 41.5 Å². The maximum atomic E-state index is 13.7. The number of carboxylic acids is 2. The van der Waals surface area contributed by atoms with Crippen LogP contribution in [0.1, 0.15) is 34.8 Å². The van der Waals surface area contributed by atoms with Gasteiger partial charge in [-0.3, -0.25) is 4.79 Å². The molecule has 0 aliphatic carbocycles. The molecule has 7 rings (SSSR count). The third-order valence-electron chi connectivity index (χ3n) is 9.44. The van der Waals surface area contributed by atoms with Crippen molar-refractivity contribution in [2.24, 2.45) is 0 Å². The van der Waals surface area contributed by atoms with Crippen LogP contribution in [0.3, 0.4) is 0 Å². The lowest BCUT2D eigenvalue weighted by Gasteiger charge is -2.12. The first-order chi connectivity index (χ1) is 27.7. The number of carboxylic acid groups (broad SMARTS) is 2. The van der Waals surface area contributed by atoms with Gasteiger partial charge in [0.2, 0.25) is 0 Å². The van der Waals surface area contributed by atoms with Gasteiger partial charge in [0.25, 0.3) is 11.8 Å². The van der Waals surface area contributed by atoms with E-state index in [9.17, 15) is 28.2 Å². The standard InChI is InChI=1S/C41H35F3N4O6.C2H4O2/c1-52-30-12-5-25(6-13-30)24-48-35-21-28(40(50)51)9-16-34(35)47(39(48)26-7-14-31(53-2)15-8-26)20-4-19-46-33-17-11-29(41(42,43)44)23-32(33)45-38(46)27-10-18-36(49)37(22-27)54-3;1-2(3)4/h5-18,21-23H,4,19-20,24H2,1-3H3,(H-,45,49,50,51);1H3,(H,3,4)/p+1. The number of aromatic carboxylic acids is 1. The third kappa shape index (κ3) is 8.68. The molecule has 0 aliphatic rings. The third-order valence-corrected chi connectivity index (χ3v) is 9.44. The van der Waals surface area contributed by atoms with Crippen molar-refractivity contribution in [2.75, 3.05) is 21.3 Å². The maximum absolute atomic E-state index is 13.7. The number of nitrogens with zero attached hydrogens (tertiary/aromatic N) is 4. The van der Waals surface area contributed by atoms with E-state index < -0.39 is 23.7 Å². The summed E-state index contributed by atoms with van der Waals surface area (Å²) < 4.78 is 63.4. The van der Waals surface area contributed by atoms with E-state index >= 15 is 0 Å². The summed E-state index contributed by atoms with van der Waals surface area (Å²) in [6, 6.07) is 28.6. The number of phenols is 1. The Morgan fingerprint density at radius 1 is 0.759 bits per heavy atom. The lowest BCUT2D eigenvalue weighted by molar-refractivity contribution is -0.661. The molecule has 300 valence electrons. The highest BCUT2D eigenvalue weighted by Gasteiger charge is 2.32. The largest absolute Gasteiger partial charge is 0.504 e. The number of halogens is 3. The monoisotopic (exact) mass is 797 g/mol. The highest BCUT2D eigenvalue weighted by molar-refractivity contribution is 5.92. The molecule has 12 nitrogen and oxygen atoms in total. The molecule has 0 spiro atoms. The van der Waals surface area contributed by atoms with Crippen LogP contribution >= 0.6 is 0 Å². The van der Waals surface area contributed by atoms with Crippen molar-refractivity contribution < 1.29 is 56.9 Å². The molecule has 0 aliphatic heterocycles. The second kappa shape index (κ2) is 17.0. The van der Waals surface area contributed by atoms with Gasteiger partial charge in [0.15, 0.2) is 22.5 Å². The quantitative estimate of drug-likeness (QED) is 0.104. The van der Waals surface area contributed by atoms with Crippen molar-refractivity contribution in [1.29, 1.82) is 0 Å². The Morgan fingerprint density at radius 2 is 1.40 bits per heavy atom. The Balaban J connectivity index is 0.00000135. The van der Waals surface area contributed by atoms with Crippen LogP contribution in [0.5, 0.6) is 23.0 Å². The summed E-state index contributed by atoms with van der Waals surface area (Å²) in [5.41, 5.74) is 3.91. The number of aliphatic carboxylic acids is 1. The van der Waals surface area contributed by atoms with Crippen LogP contribution in [-0.4, -0.2) is 62.7 Å². The van der Waals surface area contributed by atoms with E-state index in [-0.39, 0.29) is 22.6 Å². The summed E-state index contributed by atoms with van der Waals surface area (Å²) in [6.07, 6.45) is -4.04. The van der Waals surface area contributed by atoms with Gasteiger partial charge >= 0.3 is 12.1 Å². The van der Waals surface area contributed by atoms with Crippen LogP contribution in [0.4, 0.5) is 13.2 Å².